The molecule has 1 aromatic heterocycles. The van der Waals surface area contributed by atoms with E-state index in [9.17, 15) is 8.78 Å². The zero-order chi connectivity index (χ0) is 18.1. The highest BCUT2D eigenvalue weighted by Crippen LogP contribution is 2.32. The van der Waals surface area contributed by atoms with E-state index >= 15 is 0 Å². The topological polar surface area (TPSA) is 34.6 Å². The molecule has 2 aromatic carbocycles. The molecule has 4 rings (SSSR count). The van der Waals surface area contributed by atoms with Crippen molar-refractivity contribution < 1.29 is 18.3 Å². The van der Waals surface area contributed by atoms with Crippen molar-refractivity contribution in [2.45, 2.75) is 6.10 Å². The van der Waals surface area contributed by atoms with Crippen LogP contribution < -0.4 is 9.64 Å². The first kappa shape index (κ1) is 16.7. The molecular formula is C20H18F2N2O2. The molecule has 2 heterocycles. The van der Waals surface area contributed by atoms with E-state index in [-0.39, 0.29) is 11.6 Å². The number of anilines is 1. The molecule has 1 unspecified atom stereocenters. The molecule has 4 nitrogen and oxygen atoms in total. The van der Waals surface area contributed by atoms with Gasteiger partial charge in [-0.2, -0.15) is 0 Å². The number of fused-ring (bicyclic) bond motifs is 1. The molecule has 0 aliphatic carbocycles. The molecule has 134 valence electrons. The van der Waals surface area contributed by atoms with Crippen molar-refractivity contribution in [3.8, 4) is 5.75 Å². The largest absolute Gasteiger partial charge is 0.497 e. The normalized spacial score (nSPS) is 17.5. The Hall–Kier alpha value is -2.73. The summed E-state index contributed by atoms with van der Waals surface area (Å²) in [4.78, 5) is 6.14. The molecule has 1 atom stereocenters. The van der Waals surface area contributed by atoms with Crippen LogP contribution in [-0.2, 0) is 4.74 Å². The predicted octanol–water partition coefficient (Wildman–Crippen LogP) is 4.10. The molecule has 0 spiro atoms. The zero-order valence-electron chi connectivity index (χ0n) is 14.3. The summed E-state index contributed by atoms with van der Waals surface area (Å²) in [5.41, 5.74) is 1.93. The Labute approximate surface area is 150 Å². The fraction of sp³-hybridized carbons (Fsp3) is 0.250. The summed E-state index contributed by atoms with van der Waals surface area (Å²) in [5, 5.41) is 0.469. The summed E-state index contributed by atoms with van der Waals surface area (Å²) in [7, 11) is 1.62. The molecular weight excluding hydrogens is 338 g/mol. The quantitative estimate of drug-likeness (QED) is 0.708. The van der Waals surface area contributed by atoms with Gasteiger partial charge in [0.2, 0.25) is 0 Å². The van der Waals surface area contributed by atoms with Crippen LogP contribution in [0.15, 0.2) is 48.7 Å². The molecule has 1 aliphatic rings. The van der Waals surface area contributed by atoms with Crippen LogP contribution in [0, 0.1) is 11.6 Å². The summed E-state index contributed by atoms with van der Waals surface area (Å²) < 4.78 is 39.0. The number of aromatic nitrogens is 1. The van der Waals surface area contributed by atoms with Crippen LogP contribution in [-0.4, -0.2) is 31.8 Å². The lowest BCUT2D eigenvalue weighted by molar-refractivity contribution is 0.0397. The number of hydrogen-bond donors (Lipinski definition) is 0. The number of hydrogen-bond acceptors (Lipinski definition) is 4. The number of pyridine rings is 1. The van der Waals surface area contributed by atoms with Gasteiger partial charge in [0.05, 0.1) is 13.7 Å². The van der Waals surface area contributed by atoms with E-state index in [2.05, 4.69) is 9.88 Å². The number of methoxy groups -OCH3 is 1. The summed E-state index contributed by atoms with van der Waals surface area (Å²) in [6.07, 6.45) is 1.40. The third-order valence-electron chi connectivity index (χ3n) is 4.61. The molecule has 1 saturated heterocycles. The minimum Gasteiger partial charge on any atom is -0.497 e. The van der Waals surface area contributed by atoms with Crippen molar-refractivity contribution in [3.63, 3.8) is 0 Å². The molecule has 26 heavy (non-hydrogen) atoms. The van der Waals surface area contributed by atoms with E-state index in [1.165, 1.54) is 6.07 Å². The molecule has 1 fully saturated rings. The standard InChI is InChI=1S/C20H18F2N2O2/c1-25-15-4-2-3-13(9-15)19-12-24(7-8-26-19)18-5-6-23-20-16(18)10-14(21)11-17(20)22/h2-6,9-11,19H,7-8,12H2,1H3. The average Bonchev–Trinajstić information content (AvgIpc) is 2.67. The van der Waals surface area contributed by atoms with Crippen LogP contribution in [0.25, 0.3) is 10.9 Å². The van der Waals surface area contributed by atoms with Crippen LogP contribution in [0.3, 0.4) is 0 Å². The summed E-state index contributed by atoms with van der Waals surface area (Å²) >= 11 is 0. The summed E-state index contributed by atoms with van der Waals surface area (Å²) in [6, 6.07) is 11.7. The van der Waals surface area contributed by atoms with Gasteiger partial charge in [-0.3, -0.25) is 4.98 Å². The van der Waals surface area contributed by atoms with E-state index in [1.807, 2.05) is 24.3 Å². The molecule has 3 aromatic rings. The van der Waals surface area contributed by atoms with Crippen molar-refractivity contribution in [2.24, 2.45) is 0 Å². The van der Waals surface area contributed by atoms with E-state index in [1.54, 1.807) is 19.4 Å². The number of morpholine rings is 1. The van der Waals surface area contributed by atoms with Gasteiger partial charge in [0, 0.05) is 36.4 Å². The van der Waals surface area contributed by atoms with Gasteiger partial charge in [-0.05, 0) is 29.8 Å². The van der Waals surface area contributed by atoms with Gasteiger partial charge in [0.15, 0.2) is 5.82 Å². The second-order valence-corrected chi connectivity index (χ2v) is 6.20. The van der Waals surface area contributed by atoms with Crippen molar-refractivity contribution in [2.75, 3.05) is 31.7 Å². The first-order valence-corrected chi connectivity index (χ1v) is 8.40. The van der Waals surface area contributed by atoms with Crippen molar-refractivity contribution in [1.82, 2.24) is 4.98 Å². The third kappa shape index (κ3) is 3.08. The molecule has 0 saturated carbocycles. The Balaban J connectivity index is 1.69. The van der Waals surface area contributed by atoms with Crippen LogP contribution in [0.1, 0.15) is 11.7 Å². The Morgan fingerprint density at radius 1 is 1.19 bits per heavy atom. The molecule has 0 amide bonds. The number of halogens is 2. The summed E-state index contributed by atoms with van der Waals surface area (Å²) in [6.45, 7) is 1.73. The Bertz CT molecular complexity index is 948. The molecule has 0 bridgehead atoms. The van der Waals surface area contributed by atoms with Gasteiger partial charge in [0.1, 0.15) is 23.2 Å². The van der Waals surface area contributed by atoms with Crippen molar-refractivity contribution >= 4 is 16.6 Å². The van der Waals surface area contributed by atoms with Crippen molar-refractivity contribution in [1.29, 1.82) is 0 Å². The first-order valence-electron chi connectivity index (χ1n) is 8.40. The lowest BCUT2D eigenvalue weighted by Gasteiger charge is -2.35. The van der Waals surface area contributed by atoms with E-state index < -0.39 is 11.6 Å². The molecule has 0 radical (unpaired) electrons. The fourth-order valence-corrected chi connectivity index (χ4v) is 3.35. The number of rotatable bonds is 3. The van der Waals surface area contributed by atoms with Crippen LogP contribution in [0.5, 0.6) is 5.75 Å². The van der Waals surface area contributed by atoms with E-state index in [0.29, 0.717) is 25.1 Å². The second-order valence-electron chi connectivity index (χ2n) is 6.20. The Kier molecular flexibility index (Phi) is 4.42. The average molecular weight is 356 g/mol. The minimum absolute atomic E-state index is 0.152. The fourth-order valence-electron chi connectivity index (χ4n) is 3.35. The SMILES string of the molecule is COc1cccc(C2CN(c3ccnc4c(F)cc(F)cc34)CCO2)c1. The van der Waals surface area contributed by atoms with Gasteiger partial charge in [-0.1, -0.05) is 12.1 Å². The minimum atomic E-state index is -0.653. The maximum atomic E-state index is 14.1. The van der Waals surface area contributed by atoms with Crippen LogP contribution in [0.4, 0.5) is 14.5 Å². The third-order valence-corrected chi connectivity index (χ3v) is 4.61. The second kappa shape index (κ2) is 6.88. The number of ether oxygens (including phenoxy) is 2. The van der Waals surface area contributed by atoms with Gasteiger partial charge < -0.3 is 14.4 Å². The molecule has 0 N–H and O–H groups in total. The van der Waals surface area contributed by atoms with Gasteiger partial charge in [0.25, 0.3) is 0 Å². The highest BCUT2D eigenvalue weighted by atomic mass is 19.1. The number of benzene rings is 2. The number of nitrogens with zero attached hydrogens (tertiary/aromatic N) is 2. The smallest absolute Gasteiger partial charge is 0.152 e. The van der Waals surface area contributed by atoms with Crippen LogP contribution in [0.2, 0.25) is 0 Å². The Morgan fingerprint density at radius 3 is 2.92 bits per heavy atom. The van der Waals surface area contributed by atoms with E-state index in [0.717, 1.165) is 23.1 Å². The van der Waals surface area contributed by atoms with Gasteiger partial charge >= 0.3 is 0 Å². The van der Waals surface area contributed by atoms with E-state index in [4.69, 9.17) is 9.47 Å². The van der Waals surface area contributed by atoms with Gasteiger partial charge in [-0.15, -0.1) is 0 Å². The lowest BCUT2D eigenvalue weighted by atomic mass is 10.1. The summed E-state index contributed by atoms with van der Waals surface area (Å²) in [5.74, 6) is -0.497. The molecule has 1 aliphatic heterocycles. The lowest BCUT2D eigenvalue weighted by Crippen LogP contribution is -2.38. The first-order chi connectivity index (χ1) is 12.7. The van der Waals surface area contributed by atoms with Crippen molar-refractivity contribution in [3.05, 3.63) is 65.9 Å². The maximum absolute atomic E-state index is 14.1. The van der Waals surface area contributed by atoms with Crippen LogP contribution >= 0.6 is 0 Å². The maximum Gasteiger partial charge on any atom is 0.152 e. The highest BCUT2D eigenvalue weighted by molar-refractivity contribution is 5.92. The zero-order valence-corrected chi connectivity index (χ0v) is 14.3. The highest BCUT2D eigenvalue weighted by Gasteiger charge is 2.24. The Morgan fingerprint density at radius 2 is 2.08 bits per heavy atom. The predicted molar refractivity (Wildman–Crippen MR) is 95.6 cm³/mol. The molecule has 6 heteroatoms. The van der Waals surface area contributed by atoms with Gasteiger partial charge in [-0.25, -0.2) is 8.78 Å². The monoisotopic (exact) mass is 356 g/mol.